The molecule has 0 saturated carbocycles. The molecule has 2 aromatic heterocycles. The van der Waals surface area contributed by atoms with Gasteiger partial charge in [-0.3, -0.25) is 4.79 Å². The minimum atomic E-state index is -0.247. The van der Waals surface area contributed by atoms with Crippen LogP contribution in [0.15, 0.2) is 59.0 Å². The zero-order valence-electron chi connectivity index (χ0n) is 15.8. The van der Waals surface area contributed by atoms with Gasteiger partial charge in [-0.25, -0.2) is 4.98 Å². The summed E-state index contributed by atoms with van der Waals surface area (Å²) < 4.78 is 14.2. The third-order valence-electron chi connectivity index (χ3n) is 4.83. The number of nitrogens with zero attached hydrogens (tertiary/aromatic N) is 3. The van der Waals surface area contributed by atoms with Crippen molar-refractivity contribution < 1.29 is 9.21 Å². The predicted octanol–water partition coefficient (Wildman–Crippen LogP) is 5.97. The molecule has 0 saturated heterocycles. The van der Waals surface area contributed by atoms with E-state index in [1.54, 1.807) is 36.4 Å². The van der Waals surface area contributed by atoms with Crippen LogP contribution >= 0.6 is 23.3 Å². The molecule has 6 nitrogen and oxygen atoms in total. The number of fused-ring (bicyclic) bond motifs is 2. The number of nitrogens with one attached hydrogen (secondary N) is 1. The van der Waals surface area contributed by atoms with Crippen molar-refractivity contribution >= 4 is 57.1 Å². The molecule has 0 aliphatic rings. The molecule has 0 unspecified atom stereocenters. The highest BCUT2D eigenvalue weighted by Crippen LogP contribution is 2.32. The number of hydrogen-bond acceptors (Lipinski definition) is 6. The Morgan fingerprint density at radius 2 is 1.90 bits per heavy atom. The molecule has 0 aliphatic heterocycles. The lowest BCUT2D eigenvalue weighted by molar-refractivity contribution is 0.102. The van der Waals surface area contributed by atoms with Crippen molar-refractivity contribution in [3.63, 3.8) is 0 Å². The van der Waals surface area contributed by atoms with Gasteiger partial charge in [0.15, 0.2) is 5.58 Å². The van der Waals surface area contributed by atoms with Crippen LogP contribution in [-0.2, 0) is 6.42 Å². The molecule has 8 heteroatoms. The lowest BCUT2D eigenvalue weighted by atomic mass is 10.1. The first-order valence-corrected chi connectivity index (χ1v) is 10.4. The zero-order valence-corrected chi connectivity index (χ0v) is 17.4. The summed E-state index contributed by atoms with van der Waals surface area (Å²) in [7, 11) is 0. The van der Waals surface area contributed by atoms with E-state index in [1.165, 1.54) is 5.56 Å². The first-order chi connectivity index (χ1) is 14.6. The summed E-state index contributed by atoms with van der Waals surface area (Å²) >= 11 is 7.52. The second kappa shape index (κ2) is 7.51. The van der Waals surface area contributed by atoms with Gasteiger partial charge < -0.3 is 9.73 Å². The van der Waals surface area contributed by atoms with Crippen LogP contribution in [0.3, 0.4) is 0 Å². The van der Waals surface area contributed by atoms with Gasteiger partial charge in [-0.15, -0.1) is 0 Å². The van der Waals surface area contributed by atoms with Gasteiger partial charge in [0, 0.05) is 11.3 Å². The van der Waals surface area contributed by atoms with Crippen LogP contribution in [-0.4, -0.2) is 19.6 Å². The quantitative estimate of drug-likeness (QED) is 0.377. The Balaban J connectivity index is 1.46. The van der Waals surface area contributed by atoms with Crippen molar-refractivity contribution in [3.05, 3.63) is 70.7 Å². The molecule has 0 spiro atoms. The maximum absolute atomic E-state index is 12.7. The number of anilines is 1. The highest BCUT2D eigenvalue weighted by molar-refractivity contribution is 7.00. The molecule has 2 heterocycles. The van der Waals surface area contributed by atoms with Gasteiger partial charge in [0.25, 0.3) is 5.91 Å². The molecule has 1 N–H and O–H groups in total. The third kappa shape index (κ3) is 3.42. The van der Waals surface area contributed by atoms with E-state index in [2.05, 4.69) is 26.0 Å². The lowest BCUT2D eigenvalue weighted by Gasteiger charge is -2.07. The summed E-state index contributed by atoms with van der Waals surface area (Å²) in [6.45, 7) is 2.09. The van der Waals surface area contributed by atoms with Crippen LogP contribution < -0.4 is 5.32 Å². The number of carbonyl (C=O) groups excluding carboxylic acids is 1. The molecule has 5 aromatic rings. The monoisotopic (exact) mass is 434 g/mol. The van der Waals surface area contributed by atoms with Crippen molar-refractivity contribution in [3.8, 4) is 11.5 Å². The summed E-state index contributed by atoms with van der Waals surface area (Å²) in [6, 6.07) is 16.4. The molecule has 30 heavy (non-hydrogen) atoms. The highest BCUT2D eigenvalue weighted by atomic mass is 35.5. The van der Waals surface area contributed by atoms with E-state index in [0.717, 1.165) is 29.2 Å². The van der Waals surface area contributed by atoms with Crippen molar-refractivity contribution in [2.24, 2.45) is 0 Å². The maximum Gasteiger partial charge on any atom is 0.255 e. The standard InChI is InChI=1S/C22H15ClN4O2S/c1-2-12-3-8-20-19(9-12)25-22(29-20)15-11-14(5-6-16(15)23)24-21(28)13-4-7-17-18(10-13)27-30-26-17/h3-11H,2H2,1H3,(H,24,28). The number of oxazole rings is 1. The molecule has 0 aliphatic carbocycles. The average Bonchev–Trinajstić information content (AvgIpc) is 3.40. The Morgan fingerprint density at radius 1 is 1.03 bits per heavy atom. The Morgan fingerprint density at radius 3 is 2.77 bits per heavy atom. The summed E-state index contributed by atoms with van der Waals surface area (Å²) in [5.41, 5.74) is 5.82. The number of benzene rings is 3. The molecular weight excluding hydrogens is 420 g/mol. The molecule has 148 valence electrons. The van der Waals surface area contributed by atoms with Gasteiger partial charge in [-0.2, -0.15) is 8.75 Å². The van der Waals surface area contributed by atoms with Crippen LogP contribution in [0.2, 0.25) is 5.02 Å². The number of aryl methyl sites for hydroxylation is 1. The fraction of sp³-hybridized carbons (Fsp3) is 0.0909. The van der Waals surface area contributed by atoms with Crippen LogP contribution in [0.5, 0.6) is 0 Å². The zero-order chi connectivity index (χ0) is 20.7. The molecule has 5 rings (SSSR count). The van der Waals surface area contributed by atoms with Crippen molar-refractivity contribution in [1.29, 1.82) is 0 Å². The van der Waals surface area contributed by atoms with E-state index in [0.29, 0.717) is 38.8 Å². The number of rotatable bonds is 4. The van der Waals surface area contributed by atoms with E-state index in [4.69, 9.17) is 16.0 Å². The topological polar surface area (TPSA) is 80.9 Å². The molecular formula is C22H15ClN4O2S. The Hall–Kier alpha value is -3.29. The summed E-state index contributed by atoms with van der Waals surface area (Å²) in [5, 5.41) is 3.38. The second-order valence-electron chi connectivity index (χ2n) is 6.79. The van der Waals surface area contributed by atoms with Crippen LogP contribution in [0.25, 0.3) is 33.6 Å². The van der Waals surface area contributed by atoms with Gasteiger partial charge in [0.1, 0.15) is 16.6 Å². The first kappa shape index (κ1) is 18.7. The Kier molecular flexibility index (Phi) is 4.69. The van der Waals surface area contributed by atoms with E-state index in [9.17, 15) is 4.79 Å². The summed E-state index contributed by atoms with van der Waals surface area (Å²) in [5.74, 6) is 0.164. The number of carbonyl (C=O) groups is 1. The van der Waals surface area contributed by atoms with Gasteiger partial charge in [0.05, 0.1) is 22.3 Å². The fourth-order valence-electron chi connectivity index (χ4n) is 3.20. The largest absolute Gasteiger partial charge is 0.436 e. The van der Waals surface area contributed by atoms with Gasteiger partial charge in [0.2, 0.25) is 5.89 Å². The molecule has 0 fully saturated rings. The number of hydrogen-bond donors (Lipinski definition) is 1. The lowest BCUT2D eigenvalue weighted by Crippen LogP contribution is -2.11. The van der Waals surface area contributed by atoms with Crippen LogP contribution in [0.4, 0.5) is 5.69 Å². The van der Waals surface area contributed by atoms with Crippen molar-refractivity contribution in [1.82, 2.24) is 13.7 Å². The summed E-state index contributed by atoms with van der Waals surface area (Å²) in [4.78, 5) is 17.3. The molecule has 0 bridgehead atoms. The Bertz CT molecular complexity index is 1410. The van der Waals surface area contributed by atoms with E-state index < -0.39 is 0 Å². The van der Waals surface area contributed by atoms with Crippen molar-refractivity contribution in [2.75, 3.05) is 5.32 Å². The molecule has 0 radical (unpaired) electrons. The second-order valence-corrected chi connectivity index (χ2v) is 7.73. The Labute approximate surface area is 180 Å². The first-order valence-electron chi connectivity index (χ1n) is 9.34. The number of aromatic nitrogens is 3. The highest BCUT2D eigenvalue weighted by Gasteiger charge is 2.15. The minimum Gasteiger partial charge on any atom is -0.436 e. The molecule has 1 amide bonds. The van der Waals surface area contributed by atoms with E-state index in [1.807, 2.05) is 18.2 Å². The SMILES string of the molecule is CCc1ccc2oc(-c3cc(NC(=O)c4ccc5nsnc5c4)ccc3Cl)nc2c1. The summed E-state index contributed by atoms with van der Waals surface area (Å²) in [6.07, 6.45) is 0.920. The van der Waals surface area contributed by atoms with Gasteiger partial charge in [-0.1, -0.05) is 24.6 Å². The van der Waals surface area contributed by atoms with Gasteiger partial charge in [-0.05, 0) is 60.5 Å². The predicted molar refractivity (Wildman–Crippen MR) is 119 cm³/mol. The fourth-order valence-corrected chi connectivity index (χ4v) is 3.92. The van der Waals surface area contributed by atoms with Crippen molar-refractivity contribution in [2.45, 2.75) is 13.3 Å². The molecule has 0 atom stereocenters. The van der Waals surface area contributed by atoms with E-state index >= 15 is 0 Å². The number of halogens is 1. The van der Waals surface area contributed by atoms with Gasteiger partial charge >= 0.3 is 0 Å². The molecule has 3 aromatic carbocycles. The average molecular weight is 435 g/mol. The van der Waals surface area contributed by atoms with Crippen LogP contribution in [0.1, 0.15) is 22.8 Å². The van der Waals surface area contributed by atoms with E-state index in [-0.39, 0.29) is 5.91 Å². The number of amides is 1. The maximum atomic E-state index is 12.7. The minimum absolute atomic E-state index is 0.247. The smallest absolute Gasteiger partial charge is 0.255 e. The van der Waals surface area contributed by atoms with Crippen LogP contribution in [0, 0.1) is 0 Å². The normalized spacial score (nSPS) is 11.3. The third-order valence-corrected chi connectivity index (χ3v) is 5.72.